The minimum atomic E-state index is 0.559. The highest BCUT2D eigenvalue weighted by molar-refractivity contribution is 9.11. The van der Waals surface area contributed by atoms with Gasteiger partial charge in [-0.1, -0.05) is 11.6 Å². The molecular weight excluding hydrogens is 392 g/mol. The van der Waals surface area contributed by atoms with Crippen LogP contribution in [0.4, 0.5) is 5.69 Å². The van der Waals surface area contributed by atoms with Gasteiger partial charge in [0.1, 0.15) is 0 Å². The van der Waals surface area contributed by atoms with Crippen molar-refractivity contribution >= 4 is 37.5 Å². The smallest absolute Gasteiger partial charge is 0.0631 e. The number of nitrogens with one attached hydrogen (secondary N) is 1. The lowest BCUT2D eigenvalue weighted by atomic mass is 10.0. The van der Waals surface area contributed by atoms with E-state index in [1.54, 1.807) is 0 Å². The molecule has 0 unspecified atom stereocenters. The van der Waals surface area contributed by atoms with Crippen LogP contribution in [0.3, 0.4) is 0 Å². The zero-order chi connectivity index (χ0) is 15.4. The van der Waals surface area contributed by atoms with Gasteiger partial charge in [0, 0.05) is 34.6 Å². The van der Waals surface area contributed by atoms with Crippen LogP contribution < -0.4 is 5.32 Å². The van der Waals surface area contributed by atoms with Gasteiger partial charge in [-0.15, -0.1) is 0 Å². The van der Waals surface area contributed by atoms with E-state index in [0.29, 0.717) is 6.04 Å². The number of likely N-dealkylation sites (tertiary alicyclic amines) is 1. The molecule has 1 aromatic carbocycles. The molecule has 1 fully saturated rings. The second kappa shape index (κ2) is 7.80. The van der Waals surface area contributed by atoms with Crippen molar-refractivity contribution < 1.29 is 0 Å². The molecule has 0 amide bonds. The molecule has 2 nitrogen and oxygen atoms in total. The molecule has 4 heteroatoms. The fraction of sp³-hybridized carbons (Fsp3) is 0.529. The maximum atomic E-state index is 3.69. The van der Waals surface area contributed by atoms with Crippen LogP contribution in [0.25, 0.3) is 0 Å². The van der Waals surface area contributed by atoms with E-state index in [-0.39, 0.29) is 0 Å². The Morgan fingerprint density at radius 1 is 1.24 bits per heavy atom. The number of hydrogen-bond donors (Lipinski definition) is 1. The van der Waals surface area contributed by atoms with Gasteiger partial charge >= 0.3 is 0 Å². The molecule has 1 saturated heterocycles. The minimum Gasteiger partial charge on any atom is -0.380 e. The Kier molecular flexibility index (Phi) is 6.33. The lowest BCUT2D eigenvalue weighted by molar-refractivity contribution is 0.240. The third-order valence-electron chi connectivity index (χ3n) is 3.88. The van der Waals surface area contributed by atoms with Crippen LogP contribution in [0, 0.1) is 6.92 Å². The van der Waals surface area contributed by atoms with Crippen LogP contribution in [0.2, 0.25) is 0 Å². The van der Waals surface area contributed by atoms with Crippen molar-refractivity contribution in [2.75, 3.05) is 25.0 Å². The van der Waals surface area contributed by atoms with Crippen LogP contribution in [-0.4, -0.2) is 30.6 Å². The molecule has 0 bridgehead atoms. The Bertz CT molecular complexity index is 491. The molecule has 1 aliphatic heterocycles. The fourth-order valence-electron chi connectivity index (χ4n) is 2.61. The Morgan fingerprint density at radius 3 is 2.33 bits per heavy atom. The van der Waals surface area contributed by atoms with Crippen LogP contribution in [0.5, 0.6) is 0 Å². The molecule has 1 aliphatic rings. The lowest BCUT2D eigenvalue weighted by Crippen LogP contribution is -2.39. The normalized spacial score (nSPS) is 16.8. The van der Waals surface area contributed by atoms with E-state index in [9.17, 15) is 0 Å². The molecule has 1 heterocycles. The molecule has 21 heavy (non-hydrogen) atoms. The van der Waals surface area contributed by atoms with Crippen molar-refractivity contribution in [1.29, 1.82) is 0 Å². The van der Waals surface area contributed by atoms with Crippen LogP contribution in [0.1, 0.15) is 32.3 Å². The standard InChI is InChI=1S/C17H24Br2N2/c1-12(2)4-7-21-8-5-14(6-9-21)20-17-15(18)10-13(3)11-16(17)19/h4,10-11,14,20H,5-9H2,1-3H3. The molecule has 2 rings (SSSR count). The summed E-state index contributed by atoms with van der Waals surface area (Å²) in [6.45, 7) is 9.88. The van der Waals surface area contributed by atoms with E-state index in [1.807, 2.05) is 0 Å². The topological polar surface area (TPSA) is 15.3 Å². The number of benzene rings is 1. The van der Waals surface area contributed by atoms with Gasteiger partial charge < -0.3 is 5.32 Å². The third kappa shape index (κ3) is 5.11. The first kappa shape index (κ1) is 17.0. The summed E-state index contributed by atoms with van der Waals surface area (Å²) in [5.74, 6) is 0. The van der Waals surface area contributed by atoms with Gasteiger partial charge in [0.05, 0.1) is 5.69 Å². The Labute approximate surface area is 145 Å². The zero-order valence-electron chi connectivity index (χ0n) is 13.0. The van der Waals surface area contributed by atoms with Crippen molar-refractivity contribution in [2.45, 2.75) is 39.7 Å². The highest BCUT2D eigenvalue weighted by Gasteiger charge is 2.19. The van der Waals surface area contributed by atoms with E-state index < -0.39 is 0 Å². The molecule has 0 aliphatic carbocycles. The van der Waals surface area contributed by atoms with E-state index in [2.05, 4.69) is 81.1 Å². The highest BCUT2D eigenvalue weighted by atomic mass is 79.9. The quantitative estimate of drug-likeness (QED) is 0.665. The van der Waals surface area contributed by atoms with Gasteiger partial charge in [-0.05, 0) is 83.2 Å². The average Bonchev–Trinajstić information content (AvgIpc) is 2.41. The molecule has 0 aromatic heterocycles. The van der Waals surface area contributed by atoms with Crippen molar-refractivity contribution in [2.24, 2.45) is 0 Å². The number of nitrogens with zero attached hydrogens (tertiary/aromatic N) is 1. The fourth-order valence-corrected chi connectivity index (χ4v) is 4.26. The summed E-state index contributed by atoms with van der Waals surface area (Å²) in [5, 5.41) is 3.69. The number of piperidine rings is 1. The van der Waals surface area contributed by atoms with Gasteiger partial charge in [0.25, 0.3) is 0 Å². The van der Waals surface area contributed by atoms with Crippen LogP contribution in [-0.2, 0) is 0 Å². The maximum Gasteiger partial charge on any atom is 0.0631 e. The summed E-state index contributed by atoms with van der Waals surface area (Å²) in [4.78, 5) is 2.53. The number of allylic oxidation sites excluding steroid dienone is 1. The zero-order valence-corrected chi connectivity index (χ0v) is 16.2. The van der Waals surface area contributed by atoms with Gasteiger partial charge in [-0.3, -0.25) is 4.90 Å². The molecule has 1 aromatic rings. The number of anilines is 1. The van der Waals surface area contributed by atoms with Crippen molar-refractivity contribution in [1.82, 2.24) is 4.90 Å². The van der Waals surface area contributed by atoms with Crippen molar-refractivity contribution in [3.63, 3.8) is 0 Å². The van der Waals surface area contributed by atoms with E-state index in [4.69, 9.17) is 0 Å². The maximum absolute atomic E-state index is 3.69. The van der Waals surface area contributed by atoms with Crippen LogP contribution in [0.15, 0.2) is 32.7 Å². The van der Waals surface area contributed by atoms with Crippen LogP contribution >= 0.6 is 31.9 Å². The van der Waals surface area contributed by atoms with Crippen molar-refractivity contribution in [3.05, 3.63) is 38.3 Å². The molecule has 116 valence electrons. The van der Waals surface area contributed by atoms with Crippen molar-refractivity contribution in [3.8, 4) is 0 Å². The summed E-state index contributed by atoms with van der Waals surface area (Å²) in [6, 6.07) is 4.89. The summed E-state index contributed by atoms with van der Waals surface area (Å²) < 4.78 is 2.28. The number of hydrogen-bond acceptors (Lipinski definition) is 2. The second-order valence-electron chi connectivity index (χ2n) is 6.10. The SMILES string of the molecule is CC(C)=CCN1CCC(Nc2c(Br)cc(C)cc2Br)CC1. The highest BCUT2D eigenvalue weighted by Crippen LogP contribution is 2.33. The molecule has 1 N–H and O–H groups in total. The molecule has 0 spiro atoms. The number of aryl methyl sites for hydroxylation is 1. The summed E-state index contributed by atoms with van der Waals surface area (Å²) >= 11 is 7.33. The van der Waals surface area contributed by atoms with E-state index >= 15 is 0 Å². The molecule has 0 radical (unpaired) electrons. The Balaban J connectivity index is 1.91. The molecule has 0 saturated carbocycles. The van der Waals surface area contributed by atoms with E-state index in [0.717, 1.165) is 15.5 Å². The predicted octanol–water partition coefficient (Wildman–Crippen LogP) is 5.36. The Morgan fingerprint density at radius 2 is 1.81 bits per heavy atom. The minimum absolute atomic E-state index is 0.559. The first-order valence-electron chi connectivity index (χ1n) is 7.53. The van der Waals surface area contributed by atoms with Gasteiger partial charge in [-0.2, -0.15) is 0 Å². The second-order valence-corrected chi connectivity index (χ2v) is 7.81. The number of halogens is 2. The molecule has 0 atom stereocenters. The first-order valence-corrected chi connectivity index (χ1v) is 9.12. The van der Waals surface area contributed by atoms with E-state index in [1.165, 1.54) is 42.8 Å². The van der Waals surface area contributed by atoms with Gasteiger partial charge in [-0.25, -0.2) is 0 Å². The number of rotatable bonds is 4. The van der Waals surface area contributed by atoms with Gasteiger partial charge in [0.2, 0.25) is 0 Å². The average molecular weight is 416 g/mol. The van der Waals surface area contributed by atoms with Gasteiger partial charge in [0.15, 0.2) is 0 Å². The predicted molar refractivity (Wildman–Crippen MR) is 99.1 cm³/mol. The summed E-state index contributed by atoms with van der Waals surface area (Å²) in [5.41, 5.74) is 3.85. The Hall–Kier alpha value is -0.320. The summed E-state index contributed by atoms with van der Waals surface area (Å²) in [6.07, 6.45) is 4.72. The monoisotopic (exact) mass is 414 g/mol. The first-order chi connectivity index (χ1) is 9.95. The molecular formula is C17H24Br2N2. The largest absolute Gasteiger partial charge is 0.380 e. The third-order valence-corrected chi connectivity index (χ3v) is 5.13. The summed E-state index contributed by atoms with van der Waals surface area (Å²) in [7, 11) is 0. The lowest BCUT2D eigenvalue weighted by Gasteiger charge is -2.32.